The van der Waals surface area contributed by atoms with E-state index in [4.69, 9.17) is 19.9 Å². The Hall–Kier alpha value is -4.59. The predicted molar refractivity (Wildman–Crippen MR) is 145 cm³/mol. The molecular formula is C26H34N7O7+. The lowest BCUT2D eigenvalue weighted by molar-refractivity contribution is -0.144. The number of nitrogens with zero attached hydrogens (tertiary/aromatic N) is 5. The molecule has 2 aromatic rings. The summed E-state index contributed by atoms with van der Waals surface area (Å²) in [5.41, 5.74) is 6.06. The van der Waals surface area contributed by atoms with Gasteiger partial charge in [0.25, 0.3) is 11.7 Å². The summed E-state index contributed by atoms with van der Waals surface area (Å²) in [7, 11) is 0. The van der Waals surface area contributed by atoms with Gasteiger partial charge in [-0.1, -0.05) is 30.3 Å². The fourth-order valence-electron chi connectivity index (χ4n) is 3.70. The standard InChI is InChI=1S/C26H33N7O7/c1-5-38-20(35)11-12-32(16-30-24(36)40-26(2,3)4)19(34)13-33(17-31-21-22(27)28-15-29-23(21)33)25(37)39-14-18-9-7-6-8-10-18/h6-10,15,17H,5,11-14,16H2,1-4H3,(H2-,27,28,29,30,36)/p+1. The van der Waals surface area contributed by atoms with Crippen LogP contribution in [0, 0.1) is 0 Å². The number of quaternary nitrogens is 1. The number of nitrogens with two attached hydrogens (primary N) is 1. The summed E-state index contributed by atoms with van der Waals surface area (Å²) in [4.78, 5) is 65.1. The van der Waals surface area contributed by atoms with Gasteiger partial charge in [-0.3, -0.25) is 9.59 Å². The monoisotopic (exact) mass is 556 g/mol. The molecule has 1 atom stereocenters. The average Bonchev–Trinajstić information content (AvgIpc) is 3.27. The predicted octanol–water partition coefficient (Wildman–Crippen LogP) is 2.64. The Morgan fingerprint density at radius 1 is 1.07 bits per heavy atom. The molecule has 0 aliphatic carbocycles. The van der Waals surface area contributed by atoms with Crippen molar-refractivity contribution in [3.8, 4) is 0 Å². The van der Waals surface area contributed by atoms with Crippen LogP contribution in [0.3, 0.4) is 0 Å². The van der Waals surface area contributed by atoms with Crippen molar-refractivity contribution in [1.29, 1.82) is 0 Å². The Balaban J connectivity index is 1.86. The summed E-state index contributed by atoms with van der Waals surface area (Å²) >= 11 is 0. The highest BCUT2D eigenvalue weighted by Crippen LogP contribution is 2.39. The number of hydrogen-bond acceptors (Lipinski definition) is 11. The van der Waals surface area contributed by atoms with Crippen LogP contribution in [0.1, 0.15) is 39.7 Å². The molecule has 1 aromatic heterocycles. The van der Waals surface area contributed by atoms with Crippen LogP contribution in [0.4, 0.5) is 26.9 Å². The second kappa shape index (κ2) is 13.0. The fourth-order valence-corrected chi connectivity index (χ4v) is 3.70. The molecular weight excluding hydrogens is 522 g/mol. The van der Waals surface area contributed by atoms with E-state index >= 15 is 0 Å². The van der Waals surface area contributed by atoms with Crippen LogP contribution in [0.25, 0.3) is 0 Å². The van der Waals surface area contributed by atoms with Gasteiger partial charge in [0.05, 0.1) is 19.7 Å². The highest BCUT2D eigenvalue weighted by molar-refractivity contribution is 6.08. The Labute approximate surface area is 231 Å². The largest absolute Gasteiger partial charge is 0.529 e. The van der Waals surface area contributed by atoms with Crippen LogP contribution < -0.4 is 15.5 Å². The molecule has 0 fully saturated rings. The van der Waals surface area contributed by atoms with Crippen molar-refractivity contribution in [2.45, 2.75) is 46.3 Å². The smallest absolute Gasteiger partial charge is 0.466 e. The van der Waals surface area contributed by atoms with E-state index in [1.165, 1.54) is 11.2 Å². The fraction of sp³-hybridized carbons (Fsp3) is 0.423. The first-order valence-corrected chi connectivity index (χ1v) is 12.6. The summed E-state index contributed by atoms with van der Waals surface area (Å²) in [5.74, 6) is -1.06. The third-order valence-electron chi connectivity index (χ3n) is 5.57. The second-order valence-electron chi connectivity index (χ2n) is 9.79. The Morgan fingerprint density at radius 3 is 2.48 bits per heavy atom. The zero-order valence-corrected chi connectivity index (χ0v) is 23.0. The Kier molecular flexibility index (Phi) is 9.72. The number of rotatable bonds is 10. The van der Waals surface area contributed by atoms with Crippen LogP contribution in [-0.4, -0.2) is 77.2 Å². The van der Waals surface area contributed by atoms with Crippen LogP contribution in [0.5, 0.6) is 0 Å². The third kappa shape index (κ3) is 7.72. The Morgan fingerprint density at radius 2 is 1.80 bits per heavy atom. The normalized spacial score (nSPS) is 15.6. The minimum Gasteiger partial charge on any atom is -0.466 e. The number of nitrogens with one attached hydrogen (secondary N) is 1. The van der Waals surface area contributed by atoms with Gasteiger partial charge in [0, 0.05) is 6.54 Å². The molecule has 0 radical (unpaired) electrons. The van der Waals surface area contributed by atoms with E-state index in [0.717, 1.165) is 11.9 Å². The molecule has 3 N–H and O–H groups in total. The molecule has 1 aromatic carbocycles. The molecule has 0 bridgehead atoms. The van der Waals surface area contributed by atoms with E-state index in [1.54, 1.807) is 52.0 Å². The van der Waals surface area contributed by atoms with Gasteiger partial charge < -0.3 is 30.2 Å². The topological polar surface area (TPSA) is 175 Å². The van der Waals surface area contributed by atoms with Crippen molar-refractivity contribution in [2.75, 3.05) is 32.1 Å². The number of alkyl carbamates (subject to hydrolysis) is 1. The van der Waals surface area contributed by atoms with E-state index in [1.807, 2.05) is 6.07 Å². The summed E-state index contributed by atoms with van der Waals surface area (Å²) < 4.78 is 15.0. The van der Waals surface area contributed by atoms with E-state index in [2.05, 4.69) is 20.3 Å². The lowest BCUT2D eigenvalue weighted by Gasteiger charge is -2.29. The van der Waals surface area contributed by atoms with Crippen LogP contribution in [0.2, 0.25) is 0 Å². The second-order valence-corrected chi connectivity index (χ2v) is 9.79. The summed E-state index contributed by atoms with van der Waals surface area (Å²) in [6, 6.07) is 9.01. The molecule has 0 saturated carbocycles. The minimum atomic E-state index is -0.837. The van der Waals surface area contributed by atoms with Crippen LogP contribution >= 0.6 is 0 Å². The maximum Gasteiger partial charge on any atom is 0.529 e. The van der Waals surface area contributed by atoms with Gasteiger partial charge in [0.1, 0.15) is 18.5 Å². The van der Waals surface area contributed by atoms with Gasteiger partial charge in [-0.15, -0.1) is 4.48 Å². The highest BCUT2D eigenvalue weighted by Gasteiger charge is 2.51. The number of hydrogen-bond donors (Lipinski definition) is 2. The van der Waals surface area contributed by atoms with Gasteiger partial charge in [0.2, 0.25) is 6.34 Å². The molecule has 1 aliphatic rings. The first kappa shape index (κ1) is 30.0. The van der Waals surface area contributed by atoms with E-state index in [-0.39, 0.29) is 50.2 Å². The molecule has 214 valence electrons. The van der Waals surface area contributed by atoms with Gasteiger partial charge in [-0.05, 0) is 33.3 Å². The van der Waals surface area contributed by atoms with Crippen LogP contribution in [0.15, 0.2) is 41.7 Å². The molecule has 0 saturated heterocycles. The SMILES string of the molecule is CCOC(=O)CCN(CNC(=O)OC(C)(C)C)C(=O)C[N+]1(C(=O)OCc2ccccc2)C=Nc2c(N)ncnc21. The lowest BCUT2D eigenvalue weighted by atomic mass is 10.2. The number of aromatic nitrogens is 2. The Bertz CT molecular complexity index is 1260. The lowest BCUT2D eigenvalue weighted by Crippen LogP contribution is -2.58. The minimum absolute atomic E-state index is 0.0234. The number of anilines is 1. The zero-order chi connectivity index (χ0) is 29.3. The van der Waals surface area contributed by atoms with Gasteiger partial charge in [0.15, 0.2) is 18.1 Å². The number of aliphatic imine (C=N–C) groups is 1. The van der Waals surface area contributed by atoms with E-state index < -0.39 is 40.7 Å². The molecule has 1 aliphatic heterocycles. The summed E-state index contributed by atoms with van der Waals surface area (Å²) in [6.45, 7) is 5.92. The average molecular weight is 557 g/mol. The number of nitrogen functional groups attached to an aromatic ring is 1. The van der Waals surface area contributed by atoms with Crippen molar-refractivity contribution in [3.05, 3.63) is 42.2 Å². The maximum atomic E-state index is 13.7. The molecule has 2 heterocycles. The number of amides is 3. The van der Waals surface area contributed by atoms with E-state index in [0.29, 0.717) is 0 Å². The molecule has 14 heteroatoms. The van der Waals surface area contributed by atoms with E-state index in [9.17, 15) is 19.2 Å². The third-order valence-corrected chi connectivity index (χ3v) is 5.57. The van der Waals surface area contributed by atoms with Crippen molar-refractivity contribution in [1.82, 2.24) is 24.7 Å². The number of ether oxygens (including phenoxy) is 3. The molecule has 0 spiro atoms. The quantitative estimate of drug-likeness (QED) is 0.191. The molecule has 3 amide bonds. The number of esters is 1. The van der Waals surface area contributed by atoms with Crippen molar-refractivity contribution in [2.24, 2.45) is 4.99 Å². The molecule has 1 unspecified atom stereocenters. The molecule has 40 heavy (non-hydrogen) atoms. The summed E-state index contributed by atoms with van der Waals surface area (Å²) in [6.07, 6.45) is 0.636. The first-order chi connectivity index (χ1) is 18.9. The van der Waals surface area contributed by atoms with Crippen molar-refractivity contribution >= 4 is 47.7 Å². The number of benzene rings is 1. The molecule has 3 rings (SSSR count). The van der Waals surface area contributed by atoms with Crippen molar-refractivity contribution < 1.29 is 33.4 Å². The van der Waals surface area contributed by atoms with Crippen molar-refractivity contribution in [3.63, 3.8) is 0 Å². The zero-order valence-electron chi connectivity index (χ0n) is 23.0. The number of carbonyl (C=O) groups excluding carboxylic acids is 4. The maximum absolute atomic E-state index is 13.7. The van der Waals surface area contributed by atoms with Crippen LogP contribution in [-0.2, 0) is 30.4 Å². The number of fused-ring (bicyclic) bond motifs is 1. The molecule has 14 nitrogen and oxygen atoms in total. The van der Waals surface area contributed by atoms with Gasteiger partial charge >= 0.3 is 18.2 Å². The summed E-state index contributed by atoms with van der Waals surface area (Å²) in [5, 5.41) is 2.51. The van der Waals surface area contributed by atoms with Gasteiger partial charge in [-0.25, -0.2) is 9.78 Å². The highest BCUT2D eigenvalue weighted by atomic mass is 16.6. The first-order valence-electron chi connectivity index (χ1n) is 12.6. The number of carbonyl (C=O) groups is 4. The van der Waals surface area contributed by atoms with Gasteiger partial charge in [-0.2, -0.15) is 14.8 Å².